The van der Waals surface area contributed by atoms with Crippen molar-refractivity contribution in [1.29, 1.82) is 0 Å². The van der Waals surface area contributed by atoms with Crippen LogP contribution in [0.25, 0.3) is 0 Å². The van der Waals surface area contributed by atoms with Crippen molar-refractivity contribution in [2.24, 2.45) is 0 Å². The summed E-state index contributed by atoms with van der Waals surface area (Å²) in [5.41, 5.74) is 1.83. The van der Waals surface area contributed by atoms with Crippen molar-refractivity contribution in [3.63, 3.8) is 0 Å². The summed E-state index contributed by atoms with van der Waals surface area (Å²) in [6, 6.07) is 10.1. The minimum absolute atomic E-state index is 0.150. The first-order valence-electron chi connectivity index (χ1n) is 9.82. The number of hydrogen-bond donors (Lipinski definition) is 1. The highest BCUT2D eigenvalue weighted by molar-refractivity contribution is 7.89. The van der Waals surface area contributed by atoms with Crippen molar-refractivity contribution in [2.45, 2.75) is 50.5 Å². The Kier molecular flexibility index (Phi) is 6.46. The second-order valence-corrected chi connectivity index (χ2v) is 9.14. The van der Waals surface area contributed by atoms with Gasteiger partial charge < -0.3 is 5.32 Å². The predicted molar refractivity (Wildman–Crippen MR) is 108 cm³/mol. The van der Waals surface area contributed by atoms with Gasteiger partial charge in [-0.3, -0.25) is 4.79 Å². The quantitative estimate of drug-likeness (QED) is 0.724. The molecule has 0 spiro atoms. The number of carbonyl (C=O) groups is 1. The van der Waals surface area contributed by atoms with Crippen molar-refractivity contribution in [2.75, 3.05) is 18.4 Å². The second kappa shape index (κ2) is 8.84. The fourth-order valence-electron chi connectivity index (χ4n) is 3.35. The minimum atomic E-state index is -3.44. The number of carbonyl (C=O) groups excluding carboxylic acids is 1. The monoisotopic (exact) mass is 402 g/mol. The Balaban J connectivity index is 1.65. The molecule has 7 heteroatoms. The summed E-state index contributed by atoms with van der Waals surface area (Å²) in [6.45, 7) is 5.12. The lowest BCUT2D eigenvalue weighted by Gasteiger charge is -2.16. The molecule has 0 saturated carbocycles. The van der Waals surface area contributed by atoms with Gasteiger partial charge in [-0.15, -0.1) is 0 Å². The van der Waals surface area contributed by atoms with E-state index in [1.165, 1.54) is 9.87 Å². The summed E-state index contributed by atoms with van der Waals surface area (Å²) in [4.78, 5) is 12.8. The highest BCUT2D eigenvalue weighted by Crippen LogP contribution is 2.22. The highest BCUT2D eigenvalue weighted by Gasteiger charge is 2.27. The lowest BCUT2D eigenvalue weighted by Crippen LogP contribution is -2.44. The van der Waals surface area contributed by atoms with Gasteiger partial charge in [-0.25, -0.2) is 8.42 Å². The van der Waals surface area contributed by atoms with Gasteiger partial charge in [-0.2, -0.15) is 8.87 Å². The van der Waals surface area contributed by atoms with Crippen LogP contribution in [-0.2, 0) is 21.2 Å². The molecule has 2 aromatic rings. The fourth-order valence-corrected chi connectivity index (χ4v) is 4.87. The Morgan fingerprint density at radius 2 is 1.71 bits per heavy atom. The number of pyridine rings is 1. The number of amides is 1. The number of hydrogen-bond acceptors (Lipinski definition) is 3. The number of sulfonamides is 1. The molecular formula is C21H28N3O3S+. The van der Waals surface area contributed by atoms with E-state index in [0.717, 1.165) is 25.7 Å². The van der Waals surface area contributed by atoms with Gasteiger partial charge in [0.25, 0.3) is 5.91 Å². The first kappa shape index (κ1) is 20.5. The van der Waals surface area contributed by atoms with Gasteiger partial charge in [0.05, 0.1) is 4.90 Å². The molecule has 1 aromatic heterocycles. The van der Waals surface area contributed by atoms with E-state index in [-0.39, 0.29) is 16.8 Å². The van der Waals surface area contributed by atoms with Crippen molar-refractivity contribution in [3.8, 4) is 0 Å². The van der Waals surface area contributed by atoms with Gasteiger partial charge in [0.2, 0.25) is 16.1 Å². The van der Waals surface area contributed by atoms with E-state index < -0.39 is 10.0 Å². The maximum Gasteiger partial charge on any atom is 0.293 e. The SMILES string of the molecule is CCCc1cc[n+]([C@@H](C)C(=O)Nc2ccc(S(=O)(=O)N3CCCC3)cc2)cc1. The topological polar surface area (TPSA) is 70.4 Å². The van der Waals surface area contributed by atoms with Crippen molar-refractivity contribution < 1.29 is 17.8 Å². The van der Waals surface area contributed by atoms with E-state index in [4.69, 9.17) is 0 Å². The third-order valence-electron chi connectivity index (χ3n) is 5.11. The van der Waals surface area contributed by atoms with Gasteiger partial charge in [0, 0.05) is 37.8 Å². The summed E-state index contributed by atoms with van der Waals surface area (Å²) in [7, 11) is -3.44. The Labute approximate surface area is 167 Å². The van der Waals surface area contributed by atoms with Crippen LogP contribution in [0.2, 0.25) is 0 Å². The second-order valence-electron chi connectivity index (χ2n) is 7.20. The maximum atomic E-state index is 12.6. The number of aryl methyl sites for hydroxylation is 1. The summed E-state index contributed by atoms with van der Waals surface area (Å²) in [5, 5.41) is 2.86. The lowest BCUT2D eigenvalue weighted by molar-refractivity contribution is -0.705. The molecule has 1 aromatic carbocycles. The zero-order chi connectivity index (χ0) is 20.1. The normalized spacial score (nSPS) is 16.1. The Bertz CT molecular complexity index is 903. The molecule has 0 aliphatic carbocycles. The highest BCUT2D eigenvalue weighted by atomic mass is 32.2. The van der Waals surface area contributed by atoms with Gasteiger partial charge in [-0.1, -0.05) is 13.3 Å². The molecule has 0 bridgehead atoms. The third kappa shape index (κ3) is 4.59. The number of aromatic nitrogens is 1. The Hall–Kier alpha value is -2.25. The zero-order valence-corrected chi connectivity index (χ0v) is 17.3. The number of benzene rings is 1. The molecule has 1 atom stereocenters. The van der Waals surface area contributed by atoms with E-state index in [1.807, 2.05) is 36.0 Å². The van der Waals surface area contributed by atoms with Crippen molar-refractivity contribution in [3.05, 3.63) is 54.4 Å². The smallest absolute Gasteiger partial charge is 0.293 e. The summed E-state index contributed by atoms with van der Waals surface area (Å²) in [6.07, 6.45) is 7.75. The van der Waals surface area contributed by atoms with Crippen LogP contribution >= 0.6 is 0 Å². The average molecular weight is 403 g/mol. The molecule has 1 fully saturated rings. The van der Waals surface area contributed by atoms with Crippen molar-refractivity contribution in [1.82, 2.24) is 4.31 Å². The summed E-state index contributed by atoms with van der Waals surface area (Å²) < 4.78 is 28.5. The molecular weight excluding hydrogens is 374 g/mol. The van der Waals surface area contributed by atoms with E-state index in [1.54, 1.807) is 24.3 Å². The molecule has 1 N–H and O–H groups in total. The molecule has 3 rings (SSSR count). The number of rotatable bonds is 7. The first-order chi connectivity index (χ1) is 13.4. The molecule has 1 aliphatic rings. The molecule has 0 unspecified atom stereocenters. The van der Waals surface area contributed by atoms with Gasteiger partial charge in [0.1, 0.15) is 0 Å². The Morgan fingerprint density at radius 3 is 2.29 bits per heavy atom. The van der Waals surface area contributed by atoms with Crippen LogP contribution in [0.1, 0.15) is 44.7 Å². The number of anilines is 1. The number of nitrogens with zero attached hydrogens (tertiary/aromatic N) is 2. The van der Waals surface area contributed by atoms with Crippen LogP contribution in [0.15, 0.2) is 53.7 Å². The summed E-state index contributed by atoms with van der Waals surface area (Å²) in [5.74, 6) is -0.150. The first-order valence-corrected chi connectivity index (χ1v) is 11.3. The molecule has 0 radical (unpaired) electrons. The van der Waals surface area contributed by atoms with Crippen molar-refractivity contribution >= 4 is 21.6 Å². The minimum Gasteiger partial charge on any atom is -0.320 e. The molecule has 150 valence electrons. The van der Waals surface area contributed by atoms with E-state index in [9.17, 15) is 13.2 Å². The maximum absolute atomic E-state index is 12.6. The van der Waals surface area contributed by atoms with Crippen LogP contribution in [-0.4, -0.2) is 31.7 Å². The molecule has 1 aliphatic heterocycles. The predicted octanol–water partition coefficient (Wildman–Crippen LogP) is 2.91. The van der Waals surface area contributed by atoms with E-state index in [2.05, 4.69) is 12.2 Å². The Morgan fingerprint density at radius 1 is 1.11 bits per heavy atom. The molecule has 28 heavy (non-hydrogen) atoms. The lowest BCUT2D eigenvalue weighted by atomic mass is 10.1. The molecule has 6 nitrogen and oxygen atoms in total. The van der Waals surface area contributed by atoms with Crippen LogP contribution in [0, 0.1) is 0 Å². The van der Waals surface area contributed by atoms with Crippen LogP contribution in [0.3, 0.4) is 0 Å². The van der Waals surface area contributed by atoms with Crippen LogP contribution in [0.5, 0.6) is 0 Å². The van der Waals surface area contributed by atoms with Gasteiger partial charge in [-0.05, 0) is 49.1 Å². The largest absolute Gasteiger partial charge is 0.320 e. The molecule has 1 amide bonds. The standard InChI is InChI=1S/C21H27N3O3S/c1-3-6-18-11-15-23(16-12-18)17(2)21(25)22-19-7-9-20(10-8-19)28(26,27)24-13-4-5-14-24/h7-12,15-17H,3-6,13-14H2,1-2H3/p+1/t17-/m0/s1. The molecule has 2 heterocycles. The zero-order valence-electron chi connectivity index (χ0n) is 16.5. The van der Waals surface area contributed by atoms with Gasteiger partial charge >= 0.3 is 0 Å². The fraction of sp³-hybridized carbons (Fsp3) is 0.429. The third-order valence-corrected chi connectivity index (χ3v) is 7.02. The van der Waals surface area contributed by atoms with Crippen LogP contribution < -0.4 is 9.88 Å². The van der Waals surface area contributed by atoms with E-state index in [0.29, 0.717) is 18.8 Å². The average Bonchev–Trinajstić information content (AvgIpc) is 3.24. The number of nitrogens with one attached hydrogen (secondary N) is 1. The van der Waals surface area contributed by atoms with E-state index >= 15 is 0 Å². The van der Waals surface area contributed by atoms with Gasteiger partial charge in [0.15, 0.2) is 12.4 Å². The molecule has 1 saturated heterocycles. The summed E-state index contributed by atoms with van der Waals surface area (Å²) >= 11 is 0. The van der Waals surface area contributed by atoms with Crippen LogP contribution in [0.4, 0.5) is 5.69 Å².